The summed E-state index contributed by atoms with van der Waals surface area (Å²) < 4.78 is 0. The number of aromatic carboxylic acids is 1. The van der Waals surface area contributed by atoms with Gasteiger partial charge in [0, 0.05) is 25.2 Å². The summed E-state index contributed by atoms with van der Waals surface area (Å²) in [5.74, 6) is -0.835. The minimum atomic E-state index is -0.835. The van der Waals surface area contributed by atoms with Gasteiger partial charge in [0.05, 0.1) is 11.3 Å². The first-order valence-corrected chi connectivity index (χ1v) is 6.96. The first-order valence-electron chi connectivity index (χ1n) is 6.96. The van der Waals surface area contributed by atoms with E-state index in [9.17, 15) is 9.90 Å². The quantitative estimate of drug-likeness (QED) is 0.884. The lowest BCUT2D eigenvalue weighted by Crippen LogP contribution is -2.37. The number of rotatable bonds is 2. The van der Waals surface area contributed by atoms with E-state index in [1.54, 1.807) is 12.1 Å². The lowest BCUT2D eigenvalue weighted by atomic mass is 10.1. The van der Waals surface area contributed by atoms with Gasteiger partial charge < -0.3 is 10.0 Å². The molecule has 0 aromatic heterocycles. The molecule has 2 atom stereocenters. The number of para-hydroxylation sites is 1. The standard InChI is InChI=1S/C15H20N2O2/c1-16-11-6-7-12(16)10-17(9-8-11)14-5-3-2-4-13(14)15(18)19/h2-5,11-12H,6-10H2,1H3,(H,18,19). The van der Waals surface area contributed by atoms with Crippen LogP contribution in [0.3, 0.4) is 0 Å². The topological polar surface area (TPSA) is 43.8 Å². The smallest absolute Gasteiger partial charge is 0.337 e. The molecule has 2 aliphatic rings. The fourth-order valence-electron chi connectivity index (χ4n) is 3.46. The molecule has 1 N–H and O–H groups in total. The maximum absolute atomic E-state index is 11.3. The average molecular weight is 260 g/mol. The second kappa shape index (κ2) is 4.85. The molecule has 2 unspecified atom stereocenters. The number of carboxylic acid groups (broad SMARTS) is 1. The highest BCUT2D eigenvalue weighted by Gasteiger charge is 2.35. The fraction of sp³-hybridized carbons (Fsp3) is 0.533. The molecule has 2 bridgehead atoms. The van der Waals surface area contributed by atoms with Crippen molar-refractivity contribution in [3.05, 3.63) is 29.8 Å². The molecule has 0 saturated carbocycles. The molecular formula is C15H20N2O2. The van der Waals surface area contributed by atoms with Crippen LogP contribution in [-0.2, 0) is 0 Å². The minimum absolute atomic E-state index is 0.419. The summed E-state index contributed by atoms with van der Waals surface area (Å²) in [7, 11) is 2.20. The molecule has 2 saturated heterocycles. The highest BCUT2D eigenvalue weighted by atomic mass is 16.4. The third kappa shape index (κ3) is 2.21. The Morgan fingerprint density at radius 1 is 1.21 bits per heavy atom. The number of hydrogen-bond donors (Lipinski definition) is 1. The van der Waals surface area contributed by atoms with E-state index in [1.165, 1.54) is 12.8 Å². The first kappa shape index (κ1) is 12.5. The molecule has 4 nitrogen and oxygen atoms in total. The van der Waals surface area contributed by atoms with E-state index in [4.69, 9.17) is 0 Å². The summed E-state index contributed by atoms with van der Waals surface area (Å²) in [6.07, 6.45) is 3.64. The summed E-state index contributed by atoms with van der Waals surface area (Å²) in [5, 5.41) is 9.31. The molecule has 1 aromatic rings. The van der Waals surface area contributed by atoms with Crippen LogP contribution in [0.4, 0.5) is 5.69 Å². The zero-order valence-electron chi connectivity index (χ0n) is 11.2. The number of likely N-dealkylation sites (N-methyl/N-ethyl adjacent to an activating group) is 1. The minimum Gasteiger partial charge on any atom is -0.478 e. The van der Waals surface area contributed by atoms with Crippen LogP contribution in [0.2, 0.25) is 0 Å². The monoisotopic (exact) mass is 260 g/mol. The van der Waals surface area contributed by atoms with E-state index < -0.39 is 5.97 Å². The third-order valence-electron chi connectivity index (χ3n) is 4.62. The number of fused-ring (bicyclic) bond motifs is 2. The van der Waals surface area contributed by atoms with Gasteiger partial charge in [-0.1, -0.05) is 12.1 Å². The predicted molar refractivity (Wildman–Crippen MR) is 74.8 cm³/mol. The van der Waals surface area contributed by atoms with Crippen molar-refractivity contribution in [1.29, 1.82) is 0 Å². The van der Waals surface area contributed by atoms with Gasteiger partial charge in [-0.15, -0.1) is 0 Å². The van der Waals surface area contributed by atoms with Crippen LogP contribution in [0.15, 0.2) is 24.3 Å². The Morgan fingerprint density at radius 2 is 1.95 bits per heavy atom. The second-order valence-corrected chi connectivity index (χ2v) is 5.61. The molecule has 2 aliphatic heterocycles. The Balaban J connectivity index is 1.89. The normalized spacial score (nSPS) is 27.3. The van der Waals surface area contributed by atoms with E-state index in [-0.39, 0.29) is 0 Å². The van der Waals surface area contributed by atoms with Gasteiger partial charge in [-0.2, -0.15) is 0 Å². The van der Waals surface area contributed by atoms with Crippen LogP contribution in [0, 0.1) is 0 Å². The van der Waals surface area contributed by atoms with Crippen LogP contribution in [0.5, 0.6) is 0 Å². The van der Waals surface area contributed by atoms with Crippen molar-refractivity contribution in [2.45, 2.75) is 31.3 Å². The second-order valence-electron chi connectivity index (χ2n) is 5.61. The van der Waals surface area contributed by atoms with Crippen LogP contribution < -0.4 is 4.90 Å². The molecule has 0 spiro atoms. The number of anilines is 1. The zero-order valence-corrected chi connectivity index (χ0v) is 11.2. The number of nitrogens with zero attached hydrogens (tertiary/aromatic N) is 2. The van der Waals surface area contributed by atoms with E-state index in [1.807, 2.05) is 12.1 Å². The largest absolute Gasteiger partial charge is 0.478 e. The van der Waals surface area contributed by atoms with Gasteiger partial charge in [0.2, 0.25) is 0 Å². The number of carbonyl (C=O) groups is 1. The van der Waals surface area contributed by atoms with Crippen molar-refractivity contribution in [2.75, 3.05) is 25.0 Å². The molecule has 3 rings (SSSR count). The van der Waals surface area contributed by atoms with Crippen LogP contribution in [0.25, 0.3) is 0 Å². The lowest BCUT2D eigenvalue weighted by Gasteiger charge is -2.28. The van der Waals surface area contributed by atoms with Gasteiger partial charge in [0.25, 0.3) is 0 Å². The summed E-state index contributed by atoms with van der Waals surface area (Å²) in [5.41, 5.74) is 1.29. The average Bonchev–Trinajstić information content (AvgIpc) is 2.63. The Kier molecular flexibility index (Phi) is 3.19. The maximum atomic E-state index is 11.3. The van der Waals surface area contributed by atoms with E-state index >= 15 is 0 Å². The van der Waals surface area contributed by atoms with Crippen molar-refractivity contribution < 1.29 is 9.90 Å². The van der Waals surface area contributed by atoms with Crippen molar-refractivity contribution in [2.24, 2.45) is 0 Å². The number of carboxylic acids is 1. The summed E-state index contributed by atoms with van der Waals surface area (Å²) >= 11 is 0. The molecule has 102 valence electrons. The first-order chi connectivity index (χ1) is 9.16. The van der Waals surface area contributed by atoms with E-state index in [0.717, 1.165) is 25.2 Å². The SMILES string of the molecule is CN1C2CCC1CN(c1ccccc1C(=O)O)CC2. The van der Waals surface area contributed by atoms with E-state index in [2.05, 4.69) is 16.8 Å². The Labute approximate surface area is 113 Å². The molecule has 2 heterocycles. The number of benzene rings is 1. The van der Waals surface area contributed by atoms with Crippen LogP contribution in [0.1, 0.15) is 29.6 Å². The molecular weight excluding hydrogens is 240 g/mol. The molecule has 1 aromatic carbocycles. The summed E-state index contributed by atoms with van der Waals surface area (Å²) in [6.45, 7) is 1.90. The zero-order chi connectivity index (χ0) is 13.4. The Morgan fingerprint density at radius 3 is 2.74 bits per heavy atom. The highest BCUT2D eigenvalue weighted by molar-refractivity contribution is 5.94. The van der Waals surface area contributed by atoms with Gasteiger partial charge in [0.15, 0.2) is 0 Å². The van der Waals surface area contributed by atoms with Gasteiger partial charge >= 0.3 is 5.97 Å². The Bertz CT molecular complexity index is 489. The molecule has 0 radical (unpaired) electrons. The van der Waals surface area contributed by atoms with Gasteiger partial charge in [-0.25, -0.2) is 4.79 Å². The molecule has 0 amide bonds. The fourth-order valence-corrected chi connectivity index (χ4v) is 3.46. The summed E-state index contributed by atoms with van der Waals surface area (Å²) in [6, 6.07) is 8.59. The predicted octanol–water partition coefficient (Wildman–Crippen LogP) is 2.06. The molecule has 2 fully saturated rings. The highest BCUT2D eigenvalue weighted by Crippen LogP contribution is 2.31. The van der Waals surface area contributed by atoms with Gasteiger partial charge in [0.1, 0.15) is 0 Å². The van der Waals surface area contributed by atoms with Crippen LogP contribution >= 0.6 is 0 Å². The van der Waals surface area contributed by atoms with Crippen molar-refractivity contribution in [3.63, 3.8) is 0 Å². The summed E-state index contributed by atoms with van der Waals surface area (Å²) in [4.78, 5) is 16.1. The maximum Gasteiger partial charge on any atom is 0.337 e. The number of hydrogen-bond acceptors (Lipinski definition) is 3. The van der Waals surface area contributed by atoms with Crippen molar-refractivity contribution in [1.82, 2.24) is 4.90 Å². The van der Waals surface area contributed by atoms with E-state index in [0.29, 0.717) is 17.6 Å². The molecule has 4 heteroatoms. The van der Waals surface area contributed by atoms with Crippen molar-refractivity contribution >= 4 is 11.7 Å². The van der Waals surface area contributed by atoms with Gasteiger partial charge in [-0.3, -0.25) is 4.90 Å². The molecule has 19 heavy (non-hydrogen) atoms. The third-order valence-corrected chi connectivity index (χ3v) is 4.62. The van der Waals surface area contributed by atoms with Crippen molar-refractivity contribution in [3.8, 4) is 0 Å². The molecule has 0 aliphatic carbocycles. The Hall–Kier alpha value is -1.55. The van der Waals surface area contributed by atoms with Crippen LogP contribution in [-0.4, -0.2) is 48.2 Å². The van der Waals surface area contributed by atoms with Gasteiger partial charge in [-0.05, 0) is 38.4 Å². The lowest BCUT2D eigenvalue weighted by molar-refractivity contribution is 0.0697.